The lowest BCUT2D eigenvalue weighted by Crippen LogP contribution is -1.81. The van der Waals surface area contributed by atoms with Crippen molar-refractivity contribution in [2.24, 2.45) is 0 Å². The maximum atomic E-state index is 5.13. The van der Waals surface area contributed by atoms with Crippen molar-refractivity contribution < 1.29 is 4.74 Å². The summed E-state index contributed by atoms with van der Waals surface area (Å²) in [5.74, 6) is 1.03. The zero-order valence-corrected chi connectivity index (χ0v) is 7.13. The summed E-state index contributed by atoms with van der Waals surface area (Å²) < 4.78 is 5.13. The Labute approximate surface area is 68.1 Å². The minimum absolute atomic E-state index is 0.913. The Morgan fingerprint density at radius 2 is 2.27 bits per heavy atom. The Morgan fingerprint density at radius 1 is 1.45 bits per heavy atom. The van der Waals surface area contributed by atoms with Gasteiger partial charge in [-0.25, -0.2) is 0 Å². The highest BCUT2D eigenvalue weighted by atomic mass is 16.5. The number of rotatable bonds is 2. The SMILES string of the molecule is CCC1=CC=C(OC)CC=C1. The molecule has 1 aliphatic carbocycles. The normalized spacial score (nSPS) is 16.9. The van der Waals surface area contributed by atoms with Gasteiger partial charge in [-0.05, 0) is 18.1 Å². The van der Waals surface area contributed by atoms with E-state index in [1.165, 1.54) is 5.57 Å². The van der Waals surface area contributed by atoms with E-state index in [1.807, 2.05) is 6.08 Å². The van der Waals surface area contributed by atoms with E-state index in [-0.39, 0.29) is 0 Å². The summed E-state index contributed by atoms with van der Waals surface area (Å²) in [5.41, 5.74) is 1.36. The van der Waals surface area contributed by atoms with Crippen LogP contribution in [0.2, 0.25) is 0 Å². The fourth-order valence-corrected chi connectivity index (χ4v) is 1.04. The molecule has 0 atom stereocenters. The van der Waals surface area contributed by atoms with E-state index < -0.39 is 0 Å². The van der Waals surface area contributed by atoms with Crippen LogP contribution in [0.4, 0.5) is 0 Å². The second-order valence-corrected chi connectivity index (χ2v) is 2.54. The van der Waals surface area contributed by atoms with Gasteiger partial charge in [0.15, 0.2) is 0 Å². The quantitative estimate of drug-likeness (QED) is 0.588. The molecule has 0 bridgehead atoms. The van der Waals surface area contributed by atoms with Crippen LogP contribution < -0.4 is 0 Å². The van der Waals surface area contributed by atoms with Crippen LogP contribution in [0.5, 0.6) is 0 Å². The van der Waals surface area contributed by atoms with Crippen molar-refractivity contribution in [3.8, 4) is 0 Å². The molecule has 0 radical (unpaired) electrons. The van der Waals surface area contributed by atoms with Gasteiger partial charge in [0.1, 0.15) is 0 Å². The van der Waals surface area contributed by atoms with Crippen molar-refractivity contribution in [2.75, 3.05) is 7.11 Å². The summed E-state index contributed by atoms with van der Waals surface area (Å²) in [4.78, 5) is 0. The molecule has 1 aliphatic rings. The maximum absolute atomic E-state index is 5.13. The molecule has 11 heavy (non-hydrogen) atoms. The minimum atomic E-state index is 0.913. The van der Waals surface area contributed by atoms with Crippen LogP contribution in [0.1, 0.15) is 19.8 Å². The second-order valence-electron chi connectivity index (χ2n) is 2.54. The molecular weight excluding hydrogens is 136 g/mol. The van der Waals surface area contributed by atoms with Crippen LogP contribution in [0.15, 0.2) is 35.6 Å². The molecule has 0 aromatic heterocycles. The molecule has 1 heteroatoms. The molecule has 0 saturated heterocycles. The first kappa shape index (κ1) is 8.12. The van der Waals surface area contributed by atoms with Gasteiger partial charge in [0.25, 0.3) is 0 Å². The fraction of sp³-hybridized carbons (Fsp3) is 0.400. The van der Waals surface area contributed by atoms with Gasteiger partial charge in [-0.3, -0.25) is 0 Å². The Kier molecular flexibility index (Phi) is 2.96. The first-order valence-electron chi connectivity index (χ1n) is 3.97. The monoisotopic (exact) mass is 150 g/mol. The van der Waals surface area contributed by atoms with Crippen molar-refractivity contribution in [3.63, 3.8) is 0 Å². The van der Waals surface area contributed by atoms with Gasteiger partial charge in [-0.1, -0.05) is 25.2 Å². The maximum Gasteiger partial charge on any atom is 0.0993 e. The number of methoxy groups -OCH3 is 1. The zero-order chi connectivity index (χ0) is 8.10. The van der Waals surface area contributed by atoms with Gasteiger partial charge in [-0.15, -0.1) is 0 Å². The predicted molar refractivity (Wildman–Crippen MR) is 47.2 cm³/mol. The molecule has 0 fully saturated rings. The van der Waals surface area contributed by atoms with Gasteiger partial charge in [0.05, 0.1) is 12.9 Å². The zero-order valence-electron chi connectivity index (χ0n) is 7.13. The highest BCUT2D eigenvalue weighted by Crippen LogP contribution is 2.13. The topological polar surface area (TPSA) is 9.23 Å². The van der Waals surface area contributed by atoms with E-state index in [4.69, 9.17) is 4.74 Å². The summed E-state index contributed by atoms with van der Waals surface area (Å²) in [6.45, 7) is 2.15. The third-order valence-electron chi connectivity index (χ3n) is 1.80. The predicted octanol–water partition coefficient (Wildman–Crippen LogP) is 2.81. The molecule has 0 aromatic rings. The number of hydrogen-bond acceptors (Lipinski definition) is 1. The smallest absolute Gasteiger partial charge is 0.0993 e. The summed E-state index contributed by atoms with van der Waals surface area (Å²) >= 11 is 0. The van der Waals surface area contributed by atoms with Gasteiger partial charge in [0, 0.05) is 6.42 Å². The lowest BCUT2D eigenvalue weighted by Gasteiger charge is -1.98. The van der Waals surface area contributed by atoms with E-state index in [0.29, 0.717) is 0 Å². The highest BCUT2D eigenvalue weighted by molar-refractivity contribution is 5.28. The third kappa shape index (κ3) is 2.26. The van der Waals surface area contributed by atoms with Gasteiger partial charge in [-0.2, -0.15) is 0 Å². The van der Waals surface area contributed by atoms with E-state index in [9.17, 15) is 0 Å². The standard InChI is InChI=1S/C10H14O/c1-3-9-5-4-6-10(11-2)8-7-9/h4-5,7-8H,3,6H2,1-2H3. The lowest BCUT2D eigenvalue weighted by atomic mass is 10.2. The molecule has 0 N–H and O–H groups in total. The van der Waals surface area contributed by atoms with Crippen LogP contribution in [0, 0.1) is 0 Å². The molecule has 0 amide bonds. The molecule has 0 aliphatic heterocycles. The van der Waals surface area contributed by atoms with Crippen molar-refractivity contribution in [1.82, 2.24) is 0 Å². The number of hydrogen-bond donors (Lipinski definition) is 0. The average Bonchev–Trinajstić information content (AvgIpc) is 2.28. The minimum Gasteiger partial charge on any atom is -0.501 e. The molecule has 0 heterocycles. The van der Waals surface area contributed by atoms with Crippen molar-refractivity contribution in [2.45, 2.75) is 19.8 Å². The Hall–Kier alpha value is -0.980. The first-order valence-corrected chi connectivity index (χ1v) is 3.97. The largest absolute Gasteiger partial charge is 0.501 e. The van der Waals surface area contributed by atoms with Crippen LogP contribution in [0.25, 0.3) is 0 Å². The van der Waals surface area contributed by atoms with Crippen LogP contribution in [-0.4, -0.2) is 7.11 Å². The molecule has 0 spiro atoms. The molecule has 0 aromatic carbocycles. The summed E-state index contributed by atoms with van der Waals surface area (Å²) in [5, 5.41) is 0. The van der Waals surface area contributed by atoms with Gasteiger partial charge in [0.2, 0.25) is 0 Å². The van der Waals surface area contributed by atoms with Crippen molar-refractivity contribution in [3.05, 3.63) is 35.6 Å². The Morgan fingerprint density at radius 3 is 2.91 bits per heavy atom. The Bertz CT molecular complexity index is 209. The molecule has 0 saturated carbocycles. The fourth-order valence-electron chi connectivity index (χ4n) is 1.04. The van der Waals surface area contributed by atoms with E-state index >= 15 is 0 Å². The van der Waals surface area contributed by atoms with Gasteiger partial charge >= 0.3 is 0 Å². The van der Waals surface area contributed by atoms with Gasteiger partial charge < -0.3 is 4.74 Å². The first-order chi connectivity index (χ1) is 5.36. The summed E-state index contributed by atoms with van der Waals surface area (Å²) in [6.07, 6.45) is 10.4. The molecule has 0 unspecified atom stereocenters. The average molecular weight is 150 g/mol. The number of ether oxygens (including phenoxy) is 1. The van der Waals surface area contributed by atoms with E-state index in [1.54, 1.807) is 7.11 Å². The van der Waals surface area contributed by atoms with Crippen LogP contribution in [-0.2, 0) is 4.74 Å². The van der Waals surface area contributed by atoms with Crippen LogP contribution in [0.3, 0.4) is 0 Å². The molecule has 1 nitrogen and oxygen atoms in total. The highest BCUT2D eigenvalue weighted by Gasteiger charge is 1.95. The molecule has 1 rings (SSSR count). The lowest BCUT2D eigenvalue weighted by molar-refractivity contribution is 0.285. The Balaban J connectivity index is 2.72. The van der Waals surface area contributed by atoms with Crippen molar-refractivity contribution in [1.29, 1.82) is 0 Å². The molecule has 60 valence electrons. The molecular formula is C10H14O. The van der Waals surface area contributed by atoms with Crippen LogP contribution >= 0.6 is 0 Å². The third-order valence-corrected chi connectivity index (χ3v) is 1.80. The second kappa shape index (κ2) is 4.02. The summed E-state index contributed by atoms with van der Waals surface area (Å²) in [6, 6.07) is 0. The summed E-state index contributed by atoms with van der Waals surface area (Å²) in [7, 11) is 1.71. The van der Waals surface area contributed by atoms with E-state index in [0.717, 1.165) is 18.6 Å². The van der Waals surface area contributed by atoms with E-state index in [2.05, 4.69) is 25.2 Å². The van der Waals surface area contributed by atoms with Crippen molar-refractivity contribution >= 4 is 0 Å². The number of allylic oxidation sites excluding steroid dienone is 5.